The van der Waals surface area contributed by atoms with E-state index < -0.39 is 16.3 Å². The summed E-state index contributed by atoms with van der Waals surface area (Å²) in [5, 5.41) is 13.9. The van der Waals surface area contributed by atoms with Gasteiger partial charge in [0.25, 0.3) is 5.69 Å². The highest BCUT2D eigenvalue weighted by molar-refractivity contribution is 6.01. The Morgan fingerprint density at radius 3 is 2.44 bits per heavy atom. The van der Waals surface area contributed by atoms with Crippen LogP contribution < -0.4 is 10.1 Å². The van der Waals surface area contributed by atoms with E-state index in [2.05, 4.69) is 5.32 Å². The number of hydrogen-bond acceptors (Lipinski definition) is 7. The molecule has 1 aliphatic rings. The Hall–Kier alpha value is -3.46. The number of nitrogens with zero attached hydrogens (tertiary/aromatic N) is 1. The molecule has 1 amide bonds. The zero-order valence-corrected chi connectivity index (χ0v) is 18.1. The normalized spacial score (nSPS) is 14.9. The molecule has 9 nitrogen and oxygen atoms in total. The SMILES string of the molecule is CCCOc1ccc(NC(=O)C2(c3ccc([N+](=O)[O-])cc3)CCOCC2)cc1C(=O)OC. The lowest BCUT2D eigenvalue weighted by Crippen LogP contribution is -2.44. The fourth-order valence-electron chi connectivity index (χ4n) is 3.73. The summed E-state index contributed by atoms with van der Waals surface area (Å²) in [6.07, 6.45) is 1.63. The van der Waals surface area contributed by atoms with E-state index in [9.17, 15) is 19.7 Å². The highest BCUT2D eigenvalue weighted by Crippen LogP contribution is 2.37. The Balaban J connectivity index is 1.91. The Morgan fingerprint density at radius 1 is 1.16 bits per heavy atom. The predicted octanol–water partition coefficient (Wildman–Crippen LogP) is 3.86. The first-order valence-electron chi connectivity index (χ1n) is 10.4. The molecule has 32 heavy (non-hydrogen) atoms. The van der Waals surface area contributed by atoms with E-state index in [0.717, 1.165) is 6.42 Å². The Morgan fingerprint density at radius 2 is 1.84 bits per heavy atom. The van der Waals surface area contributed by atoms with Gasteiger partial charge in [0.05, 0.1) is 24.1 Å². The van der Waals surface area contributed by atoms with Crippen molar-refractivity contribution in [3.63, 3.8) is 0 Å². The third kappa shape index (κ3) is 4.88. The molecule has 0 saturated carbocycles. The van der Waals surface area contributed by atoms with Gasteiger partial charge in [-0.1, -0.05) is 19.1 Å². The predicted molar refractivity (Wildman–Crippen MR) is 117 cm³/mol. The van der Waals surface area contributed by atoms with Crippen LogP contribution in [0.3, 0.4) is 0 Å². The lowest BCUT2D eigenvalue weighted by molar-refractivity contribution is -0.384. The highest BCUT2D eigenvalue weighted by Gasteiger charge is 2.42. The third-order valence-electron chi connectivity index (χ3n) is 5.52. The molecule has 0 atom stereocenters. The molecular weight excluding hydrogens is 416 g/mol. The summed E-state index contributed by atoms with van der Waals surface area (Å²) in [6.45, 7) is 3.18. The van der Waals surface area contributed by atoms with Crippen molar-refractivity contribution in [1.82, 2.24) is 0 Å². The monoisotopic (exact) mass is 442 g/mol. The van der Waals surface area contributed by atoms with Crippen LogP contribution in [-0.4, -0.2) is 43.7 Å². The Bertz CT molecular complexity index is 982. The molecule has 2 aromatic carbocycles. The summed E-state index contributed by atoms with van der Waals surface area (Å²) in [5.41, 5.74) is 0.375. The molecule has 0 aromatic heterocycles. The number of amides is 1. The molecule has 1 aliphatic heterocycles. The maximum absolute atomic E-state index is 13.5. The minimum Gasteiger partial charge on any atom is -0.493 e. The van der Waals surface area contributed by atoms with Gasteiger partial charge in [0.15, 0.2) is 0 Å². The number of carbonyl (C=O) groups is 2. The first-order valence-corrected chi connectivity index (χ1v) is 10.4. The van der Waals surface area contributed by atoms with Crippen LogP contribution in [0.1, 0.15) is 42.1 Å². The number of nitro benzene ring substituents is 1. The Kier molecular flexibility index (Phi) is 7.42. The van der Waals surface area contributed by atoms with Crippen LogP contribution in [0.25, 0.3) is 0 Å². The van der Waals surface area contributed by atoms with Crippen molar-refractivity contribution in [2.75, 3.05) is 32.2 Å². The highest BCUT2D eigenvalue weighted by atomic mass is 16.6. The van der Waals surface area contributed by atoms with E-state index in [4.69, 9.17) is 14.2 Å². The molecule has 9 heteroatoms. The van der Waals surface area contributed by atoms with Gasteiger partial charge in [0, 0.05) is 31.0 Å². The number of nitro groups is 1. The molecular formula is C23H26N2O7. The van der Waals surface area contributed by atoms with Gasteiger partial charge in [-0.3, -0.25) is 14.9 Å². The van der Waals surface area contributed by atoms with Crippen molar-refractivity contribution in [1.29, 1.82) is 0 Å². The minimum atomic E-state index is -0.907. The molecule has 0 bridgehead atoms. The van der Waals surface area contributed by atoms with E-state index in [1.54, 1.807) is 24.3 Å². The van der Waals surface area contributed by atoms with Crippen LogP contribution in [-0.2, 0) is 19.7 Å². The van der Waals surface area contributed by atoms with Crippen LogP contribution in [0.15, 0.2) is 42.5 Å². The fourth-order valence-corrected chi connectivity index (χ4v) is 3.73. The molecule has 2 aromatic rings. The van der Waals surface area contributed by atoms with Crippen molar-refractivity contribution in [2.45, 2.75) is 31.6 Å². The number of nitrogens with one attached hydrogen (secondary N) is 1. The first kappa shape index (κ1) is 23.2. The fraction of sp³-hybridized carbons (Fsp3) is 0.391. The smallest absolute Gasteiger partial charge is 0.341 e. The summed E-state index contributed by atoms with van der Waals surface area (Å²) < 4.78 is 15.9. The topological polar surface area (TPSA) is 117 Å². The summed E-state index contributed by atoms with van der Waals surface area (Å²) in [4.78, 5) is 36.2. The quantitative estimate of drug-likeness (QED) is 0.375. The van der Waals surface area contributed by atoms with E-state index in [0.29, 0.717) is 49.7 Å². The van der Waals surface area contributed by atoms with Gasteiger partial charge in [0.1, 0.15) is 11.3 Å². The molecule has 1 N–H and O–H groups in total. The molecule has 3 rings (SSSR count). The lowest BCUT2D eigenvalue weighted by Gasteiger charge is -2.36. The van der Waals surface area contributed by atoms with Gasteiger partial charge in [0.2, 0.25) is 5.91 Å². The van der Waals surface area contributed by atoms with E-state index in [1.807, 2.05) is 6.92 Å². The summed E-state index contributed by atoms with van der Waals surface area (Å²) in [5.74, 6) is -0.455. The van der Waals surface area contributed by atoms with E-state index in [1.165, 1.54) is 25.3 Å². The number of non-ortho nitro benzene ring substituents is 1. The molecule has 0 spiro atoms. The van der Waals surface area contributed by atoms with Crippen molar-refractivity contribution in [3.05, 3.63) is 63.7 Å². The van der Waals surface area contributed by atoms with Crippen LogP contribution in [0.2, 0.25) is 0 Å². The van der Waals surface area contributed by atoms with E-state index in [-0.39, 0.29) is 17.2 Å². The second-order valence-electron chi connectivity index (χ2n) is 7.50. The van der Waals surface area contributed by atoms with Crippen LogP contribution in [0.5, 0.6) is 5.75 Å². The van der Waals surface area contributed by atoms with Crippen LogP contribution in [0.4, 0.5) is 11.4 Å². The zero-order chi connectivity index (χ0) is 23.1. The van der Waals surface area contributed by atoms with Crippen LogP contribution >= 0.6 is 0 Å². The molecule has 0 radical (unpaired) electrons. The number of anilines is 1. The summed E-state index contributed by atoms with van der Waals surface area (Å²) in [6, 6.07) is 10.8. The maximum atomic E-state index is 13.5. The van der Waals surface area contributed by atoms with Crippen molar-refractivity contribution in [3.8, 4) is 5.75 Å². The van der Waals surface area contributed by atoms with Crippen molar-refractivity contribution in [2.24, 2.45) is 0 Å². The lowest BCUT2D eigenvalue weighted by atomic mass is 9.73. The van der Waals surface area contributed by atoms with Gasteiger partial charge in [-0.15, -0.1) is 0 Å². The van der Waals surface area contributed by atoms with Gasteiger partial charge in [-0.05, 0) is 43.0 Å². The number of hydrogen-bond donors (Lipinski definition) is 1. The molecule has 1 saturated heterocycles. The van der Waals surface area contributed by atoms with E-state index >= 15 is 0 Å². The second kappa shape index (κ2) is 10.2. The third-order valence-corrected chi connectivity index (χ3v) is 5.52. The van der Waals surface area contributed by atoms with Gasteiger partial charge in [-0.25, -0.2) is 4.79 Å². The maximum Gasteiger partial charge on any atom is 0.341 e. The molecule has 170 valence electrons. The molecule has 1 heterocycles. The average molecular weight is 442 g/mol. The van der Waals surface area contributed by atoms with Crippen molar-refractivity contribution >= 4 is 23.3 Å². The first-order chi connectivity index (χ1) is 15.4. The van der Waals surface area contributed by atoms with Gasteiger partial charge >= 0.3 is 5.97 Å². The van der Waals surface area contributed by atoms with Gasteiger partial charge < -0.3 is 19.5 Å². The van der Waals surface area contributed by atoms with Crippen molar-refractivity contribution < 1.29 is 28.7 Å². The summed E-state index contributed by atoms with van der Waals surface area (Å²) >= 11 is 0. The molecule has 0 unspecified atom stereocenters. The second-order valence-corrected chi connectivity index (χ2v) is 7.50. The average Bonchev–Trinajstić information content (AvgIpc) is 2.83. The van der Waals surface area contributed by atoms with Gasteiger partial charge in [-0.2, -0.15) is 0 Å². The largest absolute Gasteiger partial charge is 0.493 e. The standard InChI is InChI=1S/C23H26N2O7/c1-3-12-32-20-9-6-17(15-19(20)21(26)30-2)24-22(27)23(10-13-31-14-11-23)16-4-7-18(8-5-16)25(28)29/h4-9,15H,3,10-14H2,1-2H3,(H,24,27). The number of esters is 1. The molecule has 0 aliphatic carbocycles. The Labute approximate surface area is 185 Å². The zero-order valence-electron chi connectivity index (χ0n) is 18.1. The summed E-state index contributed by atoms with van der Waals surface area (Å²) in [7, 11) is 1.28. The number of ether oxygens (including phenoxy) is 3. The van der Waals surface area contributed by atoms with Crippen LogP contribution in [0, 0.1) is 10.1 Å². The number of carbonyl (C=O) groups excluding carboxylic acids is 2. The number of benzene rings is 2. The molecule has 1 fully saturated rings. The minimum absolute atomic E-state index is 0.0400. The number of rotatable bonds is 8. The number of methoxy groups -OCH3 is 1.